The van der Waals surface area contributed by atoms with E-state index in [1.165, 1.54) is 0 Å². The molecule has 0 radical (unpaired) electrons. The number of ether oxygens (including phenoxy) is 1. The zero-order chi connectivity index (χ0) is 13.0. The number of halogens is 2. The van der Waals surface area contributed by atoms with Crippen LogP contribution in [0.2, 0.25) is 10.0 Å². The molecule has 0 saturated carbocycles. The Balaban J connectivity index is 2.90. The number of hydrogen-bond donors (Lipinski definition) is 2. The topological polar surface area (TPSA) is 64.3 Å². The molecular weight excluding hydrogens is 263 g/mol. The summed E-state index contributed by atoms with van der Waals surface area (Å²) in [5.41, 5.74) is 2.96. The normalized spacial score (nSPS) is 10.5. The van der Waals surface area contributed by atoms with Crippen LogP contribution in [0.25, 0.3) is 0 Å². The Morgan fingerprint density at radius 2 is 1.94 bits per heavy atom. The minimum absolute atomic E-state index is 0.225. The maximum absolute atomic E-state index is 10.9. The number of benzene rings is 1. The first-order valence-corrected chi connectivity index (χ1v) is 5.82. The summed E-state index contributed by atoms with van der Waals surface area (Å²) in [6.45, 7) is 3.84. The lowest BCUT2D eigenvalue weighted by Gasteiger charge is -2.12. The predicted molar refractivity (Wildman–Crippen MR) is 68.4 cm³/mol. The zero-order valence-corrected chi connectivity index (χ0v) is 11.1. The SMILES string of the molecule is CC(C)c1cc(Cl)c(OCC(=O)NN)c(Cl)c1. The van der Waals surface area contributed by atoms with Gasteiger partial charge < -0.3 is 4.74 Å². The third-order valence-corrected chi connectivity index (χ3v) is 2.76. The van der Waals surface area contributed by atoms with Gasteiger partial charge in [-0.2, -0.15) is 0 Å². The highest BCUT2D eigenvalue weighted by molar-refractivity contribution is 6.37. The van der Waals surface area contributed by atoms with E-state index in [4.69, 9.17) is 33.8 Å². The lowest BCUT2D eigenvalue weighted by atomic mass is 10.0. The minimum atomic E-state index is -0.454. The Bertz CT molecular complexity index is 399. The van der Waals surface area contributed by atoms with Gasteiger partial charge in [0.2, 0.25) is 0 Å². The van der Waals surface area contributed by atoms with Crippen LogP contribution in [0.1, 0.15) is 25.3 Å². The van der Waals surface area contributed by atoms with Gasteiger partial charge in [-0.15, -0.1) is 0 Å². The van der Waals surface area contributed by atoms with Crippen molar-refractivity contribution < 1.29 is 9.53 Å². The summed E-state index contributed by atoms with van der Waals surface area (Å²) in [6, 6.07) is 3.54. The van der Waals surface area contributed by atoms with Gasteiger partial charge in [-0.25, -0.2) is 5.84 Å². The van der Waals surface area contributed by atoms with Gasteiger partial charge in [0.15, 0.2) is 12.4 Å². The Hall–Kier alpha value is -0.970. The van der Waals surface area contributed by atoms with Gasteiger partial charge >= 0.3 is 0 Å². The zero-order valence-electron chi connectivity index (χ0n) is 9.59. The first-order chi connectivity index (χ1) is 7.95. The molecule has 0 heterocycles. The van der Waals surface area contributed by atoms with E-state index < -0.39 is 5.91 Å². The number of nitrogens with two attached hydrogens (primary N) is 1. The molecule has 6 heteroatoms. The van der Waals surface area contributed by atoms with Crippen LogP contribution in [0.15, 0.2) is 12.1 Å². The molecule has 0 aliphatic carbocycles. The van der Waals surface area contributed by atoms with E-state index in [2.05, 4.69) is 0 Å². The fourth-order valence-corrected chi connectivity index (χ4v) is 1.84. The Labute approximate surface area is 110 Å². The number of nitrogens with one attached hydrogen (secondary N) is 1. The lowest BCUT2D eigenvalue weighted by molar-refractivity contribution is -0.123. The van der Waals surface area contributed by atoms with Crippen molar-refractivity contribution in [2.24, 2.45) is 5.84 Å². The van der Waals surface area contributed by atoms with Crippen molar-refractivity contribution in [3.05, 3.63) is 27.7 Å². The minimum Gasteiger partial charge on any atom is -0.481 e. The number of carbonyl (C=O) groups is 1. The maximum atomic E-state index is 10.9. The molecule has 0 saturated heterocycles. The van der Waals surface area contributed by atoms with E-state index in [0.717, 1.165) is 5.56 Å². The van der Waals surface area contributed by atoms with Crippen molar-refractivity contribution in [1.82, 2.24) is 5.43 Å². The molecule has 1 aromatic carbocycles. The van der Waals surface area contributed by atoms with Crippen molar-refractivity contribution in [3.63, 3.8) is 0 Å². The quantitative estimate of drug-likeness (QED) is 0.505. The van der Waals surface area contributed by atoms with E-state index in [1.807, 2.05) is 19.3 Å². The van der Waals surface area contributed by atoms with Gasteiger partial charge in [0.1, 0.15) is 0 Å². The molecule has 0 aliphatic rings. The number of hydrogen-bond acceptors (Lipinski definition) is 3. The first-order valence-electron chi connectivity index (χ1n) is 5.07. The van der Waals surface area contributed by atoms with Gasteiger partial charge in [-0.3, -0.25) is 10.2 Å². The Morgan fingerprint density at radius 1 is 1.41 bits per heavy atom. The molecule has 0 unspecified atom stereocenters. The summed E-state index contributed by atoms with van der Waals surface area (Å²) >= 11 is 12.1. The summed E-state index contributed by atoms with van der Waals surface area (Å²) in [7, 11) is 0. The molecule has 0 bridgehead atoms. The molecule has 1 amide bonds. The largest absolute Gasteiger partial charge is 0.481 e. The van der Waals surface area contributed by atoms with E-state index in [1.54, 1.807) is 12.1 Å². The van der Waals surface area contributed by atoms with E-state index in [0.29, 0.717) is 21.7 Å². The molecule has 17 heavy (non-hydrogen) atoms. The van der Waals surface area contributed by atoms with Crippen LogP contribution in [0.5, 0.6) is 5.75 Å². The second-order valence-electron chi connectivity index (χ2n) is 3.82. The van der Waals surface area contributed by atoms with Crippen LogP contribution < -0.4 is 16.0 Å². The van der Waals surface area contributed by atoms with Crippen LogP contribution in [0, 0.1) is 0 Å². The van der Waals surface area contributed by atoms with Crippen LogP contribution in [-0.4, -0.2) is 12.5 Å². The molecule has 0 aromatic heterocycles. The number of rotatable bonds is 4. The molecule has 1 aromatic rings. The highest BCUT2D eigenvalue weighted by Crippen LogP contribution is 2.36. The van der Waals surface area contributed by atoms with Crippen molar-refractivity contribution in [1.29, 1.82) is 0 Å². The van der Waals surface area contributed by atoms with Gasteiger partial charge in [-0.05, 0) is 23.6 Å². The first kappa shape index (κ1) is 14.1. The van der Waals surface area contributed by atoms with Crippen LogP contribution in [0.3, 0.4) is 0 Å². The molecule has 3 N–H and O–H groups in total. The van der Waals surface area contributed by atoms with Crippen LogP contribution in [-0.2, 0) is 4.79 Å². The molecule has 0 aliphatic heterocycles. The summed E-state index contributed by atoms with van der Waals surface area (Å²) in [6.07, 6.45) is 0. The lowest BCUT2D eigenvalue weighted by Crippen LogP contribution is -2.34. The van der Waals surface area contributed by atoms with Crippen molar-refractivity contribution in [2.45, 2.75) is 19.8 Å². The molecule has 94 valence electrons. The molecule has 0 spiro atoms. The second kappa shape index (κ2) is 6.10. The summed E-state index contributed by atoms with van der Waals surface area (Å²) in [5.74, 6) is 5.08. The molecule has 0 atom stereocenters. The third kappa shape index (κ3) is 3.77. The number of carbonyl (C=O) groups excluding carboxylic acids is 1. The van der Waals surface area contributed by atoms with Crippen LogP contribution >= 0.6 is 23.2 Å². The standard InChI is InChI=1S/C11H14Cl2N2O2/c1-6(2)7-3-8(12)11(9(13)4-7)17-5-10(16)15-14/h3-4,6H,5,14H2,1-2H3,(H,15,16). The van der Waals surface area contributed by atoms with Gasteiger partial charge in [0, 0.05) is 0 Å². The Morgan fingerprint density at radius 3 is 2.35 bits per heavy atom. The van der Waals surface area contributed by atoms with Gasteiger partial charge in [-0.1, -0.05) is 37.0 Å². The van der Waals surface area contributed by atoms with Crippen molar-refractivity contribution in [2.75, 3.05) is 6.61 Å². The van der Waals surface area contributed by atoms with Crippen molar-refractivity contribution in [3.8, 4) is 5.75 Å². The molecule has 1 rings (SSSR count). The van der Waals surface area contributed by atoms with E-state index in [-0.39, 0.29) is 6.61 Å². The summed E-state index contributed by atoms with van der Waals surface area (Å²) < 4.78 is 5.20. The Kier molecular flexibility index (Phi) is 5.05. The average molecular weight is 277 g/mol. The fraction of sp³-hybridized carbons (Fsp3) is 0.364. The second-order valence-corrected chi connectivity index (χ2v) is 4.64. The van der Waals surface area contributed by atoms with E-state index in [9.17, 15) is 4.79 Å². The van der Waals surface area contributed by atoms with Gasteiger partial charge in [0.05, 0.1) is 10.0 Å². The van der Waals surface area contributed by atoms with Gasteiger partial charge in [0.25, 0.3) is 5.91 Å². The van der Waals surface area contributed by atoms with Crippen molar-refractivity contribution >= 4 is 29.1 Å². The molecular formula is C11H14Cl2N2O2. The van der Waals surface area contributed by atoms with E-state index >= 15 is 0 Å². The fourth-order valence-electron chi connectivity index (χ4n) is 1.23. The highest BCUT2D eigenvalue weighted by atomic mass is 35.5. The smallest absolute Gasteiger partial charge is 0.271 e. The van der Waals surface area contributed by atoms with Crippen LogP contribution in [0.4, 0.5) is 0 Å². The predicted octanol–water partition coefficient (Wildman–Crippen LogP) is 2.49. The average Bonchev–Trinajstić information content (AvgIpc) is 2.27. The summed E-state index contributed by atoms with van der Waals surface area (Å²) in [5, 5.41) is 0.761. The maximum Gasteiger partial charge on any atom is 0.271 e. The monoisotopic (exact) mass is 276 g/mol. The number of amides is 1. The number of hydrazine groups is 1. The summed E-state index contributed by atoms with van der Waals surface area (Å²) in [4.78, 5) is 10.9. The molecule has 0 fully saturated rings. The third-order valence-electron chi connectivity index (χ3n) is 2.20. The highest BCUT2D eigenvalue weighted by Gasteiger charge is 2.12. The molecule has 4 nitrogen and oxygen atoms in total.